The molecule has 4 nitrogen and oxygen atoms in total. The second kappa shape index (κ2) is 7.57. The van der Waals surface area contributed by atoms with E-state index in [2.05, 4.69) is 4.99 Å². The molecule has 1 saturated carbocycles. The zero-order chi connectivity index (χ0) is 21.7. The summed E-state index contributed by atoms with van der Waals surface area (Å²) in [7, 11) is 0. The third kappa shape index (κ3) is 3.71. The van der Waals surface area contributed by atoms with Gasteiger partial charge in [-0.25, -0.2) is 18.2 Å². The number of halogens is 4. The standard InChI is InChI=1S/C21H20ClF3N2O2S/c1-20(18-15(29-19(26)27-20)3-2-8-21(18,24)25)12-9-11(4-5-13(12)23)10-14(28)16-6-7-17(22)30-16/h4-7,9,15,18H,2-3,8,10H2,1H3,(H2,26,27)/t15-,18+,20-/m1/s1. The highest BCUT2D eigenvalue weighted by molar-refractivity contribution is 7.18. The van der Waals surface area contributed by atoms with Crippen LogP contribution in [0.2, 0.25) is 4.34 Å². The molecule has 0 unspecified atom stereocenters. The Hall–Kier alpha value is -2.06. The Morgan fingerprint density at radius 1 is 1.37 bits per heavy atom. The number of hydrogen-bond donors (Lipinski definition) is 1. The van der Waals surface area contributed by atoms with E-state index in [4.69, 9.17) is 22.1 Å². The molecule has 3 atom stereocenters. The summed E-state index contributed by atoms with van der Waals surface area (Å²) >= 11 is 7.04. The summed E-state index contributed by atoms with van der Waals surface area (Å²) in [5, 5.41) is 0. The van der Waals surface area contributed by atoms with E-state index in [0.717, 1.165) is 11.3 Å². The molecule has 0 radical (unpaired) electrons. The molecule has 1 aliphatic heterocycles. The number of ketones is 1. The molecular weight excluding hydrogens is 437 g/mol. The summed E-state index contributed by atoms with van der Waals surface area (Å²) in [5.74, 6) is -5.31. The molecular formula is C21H20ClF3N2O2S. The summed E-state index contributed by atoms with van der Waals surface area (Å²) in [6.45, 7) is 1.46. The highest BCUT2D eigenvalue weighted by Gasteiger charge is 2.60. The van der Waals surface area contributed by atoms with Gasteiger partial charge in [0.15, 0.2) is 5.78 Å². The topological polar surface area (TPSA) is 64.7 Å². The van der Waals surface area contributed by atoms with Gasteiger partial charge in [-0.3, -0.25) is 4.79 Å². The number of fused-ring (bicyclic) bond motifs is 1. The molecule has 2 aromatic rings. The van der Waals surface area contributed by atoms with Crippen LogP contribution < -0.4 is 5.73 Å². The molecule has 0 amide bonds. The smallest absolute Gasteiger partial charge is 0.283 e. The molecule has 0 spiro atoms. The Labute approximate surface area is 180 Å². The predicted octanol–water partition coefficient (Wildman–Crippen LogP) is 5.33. The van der Waals surface area contributed by atoms with Crippen LogP contribution >= 0.6 is 22.9 Å². The van der Waals surface area contributed by atoms with Crippen LogP contribution in [0.1, 0.15) is 47.0 Å². The van der Waals surface area contributed by atoms with Crippen LogP contribution in [0.5, 0.6) is 0 Å². The Bertz CT molecular complexity index is 1030. The number of benzene rings is 1. The van der Waals surface area contributed by atoms with Crippen LogP contribution in [-0.2, 0) is 16.7 Å². The second-order valence-electron chi connectivity index (χ2n) is 7.90. The Kier molecular flexibility index (Phi) is 5.34. The number of Topliss-reactive ketones (excluding diaryl/α,β-unsaturated/α-hetero) is 1. The van der Waals surface area contributed by atoms with Gasteiger partial charge in [0, 0.05) is 18.4 Å². The van der Waals surface area contributed by atoms with E-state index in [1.54, 1.807) is 12.1 Å². The van der Waals surface area contributed by atoms with Gasteiger partial charge in [0.1, 0.15) is 17.5 Å². The van der Waals surface area contributed by atoms with Gasteiger partial charge < -0.3 is 10.5 Å². The summed E-state index contributed by atoms with van der Waals surface area (Å²) < 4.78 is 50.7. The lowest BCUT2D eigenvalue weighted by Gasteiger charge is -2.48. The van der Waals surface area contributed by atoms with Crippen molar-refractivity contribution in [1.82, 2.24) is 0 Å². The summed E-state index contributed by atoms with van der Waals surface area (Å²) in [4.78, 5) is 17.2. The minimum atomic E-state index is -3.09. The summed E-state index contributed by atoms with van der Waals surface area (Å²) in [6, 6.07) is 7.11. The average Bonchev–Trinajstić information content (AvgIpc) is 3.08. The van der Waals surface area contributed by atoms with Crippen molar-refractivity contribution in [2.45, 2.75) is 50.2 Å². The normalized spacial score (nSPS) is 27.7. The number of ether oxygens (including phenoxy) is 1. The minimum Gasteiger partial charge on any atom is -0.461 e. The maximum absolute atomic E-state index is 14.9. The van der Waals surface area contributed by atoms with Gasteiger partial charge in [-0.1, -0.05) is 17.7 Å². The van der Waals surface area contributed by atoms with Gasteiger partial charge in [0.05, 0.1) is 15.1 Å². The zero-order valence-corrected chi connectivity index (χ0v) is 17.7. The highest BCUT2D eigenvalue weighted by Crippen LogP contribution is 2.53. The van der Waals surface area contributed by atoms with E-state index < -0.39 is 29.3 Å². The lowest BCUT2D eigenvalue weighted by atomic mass is 9.67. The molecule has 9 heteroatoms. The van der Waals surface area contributed by atoms with Crippen LogP contribution in [0.4, 0.5) is 13.2 Å². The fraction of sp³-hybridized carbons (Fsp3) is 0.429. The van der Waals surface area contributed by atoms with Crippen LogP contribution in [0.3, 0.4) is 0 Å². The Morgan fingerprint density at radius 3 is 2.83 bits per heavy atom. The third-order valence-electron chi connectivity index (χ3n) is 5.83. The number of nitrogens with two attached hydrogens (primary N) is 1. The van der Waals surface area contributed by atoms with Crippen LogP contribution in [0, 0.1) is 11.7 Å². The molecule has 2 N–H and O–H groups in total. The van der Waals surface area contributed by atoms with E-state index in [1.807, 2.05) is 0 Å². The Morgan fingerprint density at radius 2 is 2.13 bits per heavy atom. The van der Waals surface area contributed by atoms with Crippen molar-refractivity contribution < 1.29 is 22.7 Å². The van der Waals surface area contributed by atoms with Crippen molar-refractivity contribution >= 4 is 34.7 Å². The largest absolute Gasteiger partial charge is 0.461 e. The van der Waals surface area contributed by atoms with Crippen molar-refractivity contribution in [3.8, 4) is 0 Å². The Balaban J connectivity index is 1.74. The third-order valence-corrected chi connectivity index (χ3v) is 7.11. The molecule has 1 aromatic carbocycles. The van der Waals surface area contributed by atoms with Gasteiger partial charge in [-0.15, -0.1) is 11.3 Å². The number of hydrogen-bond acceptors (Lipinski definition) is 5. The first-order chi connectivity index (χ1) is 14.1. The van der Waals surface area contributed by atoms with E-state index >= 15 is 0 Å². The molecule has 4 rings (SSSR count). The average molecular weight is 457 g/mol. The fourth-order valence-corrected chi connectivity index (χ4v) is 5.53. The SMILES string of the molecule is C[C@]1(c2cc(CC(=O)c3ccc(Cl)s3)ccc2F)N=C(N)O[C@@H]2CCCC(F)(F)[C@@H]21. The van der Waals surface area contributed by atoms with E-state index in [9.17, 15) is 18.0 Å². The monoisotopic (exact) mass is 456 g/mol. The number of thiophene rings is 1. The molecule has 2 aliphatic rings. The quantitative estimate of drug-likeness (QED) is 0.632. The highest BCUT2D eigenvalue weighted by atomic mass is 35.5. The lowest BCUT2D eigenvalue weighted by Crippen LogP contribution is -2.57. The number of nitrogens with zero attached hydrogens (tertiary/aromatic N) is 1. The van der Waals surface area contributed by atoms with Gasteiger partial charge >= 0.3 is 0 Å². The molecule has 0 bridgehead atoms. The summed E-state index contributed by atoms with van der Waals surface area (Å²) in [5.41, 5.74) is 4.65. The first-order valence-corrected chi connectivity index (χ1v) is 10.8. The number of aliphatic imine (C=N–C) groups is 1. The molecule has 0 saturated heterocycles. The lowest BCUT2D eigenvalue weighted by molar-refractivity contribution is -0.163. The van der Waals surface area contributed by atoms with Crippen LogP contribution in [-0.4, -0.2) is 23.8 Å². The fourth-order valence-electron chi connectivity index (χ4n) is 4.55. The molecule has 1 fully saturated rings. The number of carbonyl (C=O) groups is 1. The van der Waals surface area contributed by atoms with Gasteiger partial charge in [-0.05, 0) is 49.6 Å². The first-order valence-electron chi connectivity index (χ1n) is 9.57. The molecule has 30 heavy (non-hydrogen) atoms. The number of carbonyl (C=O) groups excluding carboxylic acids is 1. The maximum Gasteiger partial charge on any atom is 0.283 e. The molecule has 160 valence electrons. The predicted molar refractivity (Wildman–Crippen MR) is 110 cm³/mol. The molecule has 1 aliphatic carbocycles. The van der Waals surface area contributed by atoms with Crippen molar-refractivity contribution in [3.63, 3.8) is 0 Å². The first kappa shape index (κ1) is 21.2. The van der Waals surface area contributed by atoms with Gasteiger partial charge in [0.2, 0.25) is 0 Å². The zero-order valence-electron chi connectivity index (χ0n) is 16.1. The second-order valence-corrected chi connectivity index (χ2v) is 9.62. The molecule has 2 heterocycles. The number of amidine groups is 1. The number of rotatable bonds is 4. The van der Waals surface area contributed by atoms with Gasteiger partial charge in [0.25, 0.3) is 11.9 Å². The van der Waals surface area contributed by atoms with Crippen molar-refractivity contribution in [3.05, 3.63) is 56.5 Å². The van der Waals surface area contributed by atoms with Crippen molar-refractivity contribution in [2.75, 3.05) is 0 Å². The maximum atomic E-state index is 14.9. The molecule has 1 aromatic heterocycles. The van der Waals surface area contributed by atoms with E-state index in [1.165, 1.54) is 25.1 Å². The summed E-state index contributed by atoms with van der Waals surface area (Å²) in [6.07, 6.45) is -0.501. The number of alkyl halides is 2. The minimum absolute atomic E-state index is 0.0135. The van der Waals surface area contributed by atoms with Crippen molar-refractivity contribution in [2.24, 2.45) is 16.6 Å². The van der Waals surface area contributed by atoms with Gasteiger partial charge in [-0.2, -0.15) is 0 Å². The van der Waals surface area contributed by atoms with Crippen LogP contribution in [0.15, 0.2) is 35.3 Å². The van der Waals surface area contributed by atoms with Crippen LogP contribution in [0.25, 0.3) is 0 Å². The van der Waals surface area contributed by atoms with E-state index in [-0.39, 0.29) is 36.6 Å². The van der Waals surface area contributed by atoms with E-state index in [0.29, 0.717) is 21.2 Å². The van der Waals surface area contributed by atoms with Crippen molar-refractivity contribution in [1.29, 1.82) is 0 Å².